The van der Waals surface area contributed by atoms with E-state index in [4.69, 9.17) is 5.73 Å². The van der Waals surface area contributed by atoms with E-state index in [0.29, 0.717) is 0 Å². The number of amides is 2. The maximum atomic E-state index is 12.6. The molecule has 2 atom stereocenters. The van der Waals surface area contributed by atoms with E-state index in [9.17, 15) is 24.6 Å². The van der Waals surface area contributed by atoms with E-state index in [0.717, 1.165) is 16.2 Å². The van der Waals surface area contributed by atoms with Crippen molar-refractivity contribution in [2.45, 2.75) is 11.4 Å². The number of aliphatic carboxylic acids is 1. The Bertz CT molecular complexity index is 866. The summed E-state index contributed by atoms with van der Waals surface area (Å²) in [5.41, 5.74) is 5.62. The minimum atomic E-state index is -1.30. The van der Waals surface area contributed by atoms with E-state index in [1.807, 2.05) is 0 Å². The summed E-state index contributed by atoms with van der Waals surface area (Å²) in [6, 6.07) is -0.935. The molecule has 3 rings (SSSR count). The van der Waals surface area contributed by atoms with Gasteiger partial charge in [0.2, 0.25) is 0 Å². The molecular weight excluding hydrogens is 398 g/mol. The van der Waals surface area contributed by atoms with Gasteiger partial charge in [-0.25, -0.2) is 9.78 Å². The number of thioether (sulfide) groups is 1. The zero-order valence-corrected chi connectivity index (χ0v) is 15.5. The highest BCUT2D eigenvalue weighted by atomic mass is 32.2. The monoisotopic (exact) mass is 413 g/mol. The van der Waals surface area contributed by atoms with Crippen LogP contribution >= 0.6 is 23.1 Å². The molecule has 0 saturated carbocycles. The summed E-state index contributed by atoms with van der Waals surface area (Å²) in [6.07, 6.45) is 0. The first kappa shape index (κ1) is 19.1. The van der Waals surface area contributed by atoms with Crippen molar-refractivity contribution < 1.29 is 29.4 Å². The van der Waals surface area contributed by atoms with Crippen LogP contribution in [0.3, 0.4) is 0 Å². The third kappa shape index (κ3) is 3.36. The van der Waals surface area contributed by atoms with Crippen LogP contribution in [0.2, 0.25) is 0 Å². The highest BCUT2D eigenvalue weighted by Crippen LogP contribution is 2.40. The van der Waals surface area contributed by atoms with Gasteiger partial charge in [0.15, 0.2) is 10.8 Å². The number of fused-ring (bicyclic) bond motifs is 1. The number of rotatable bonds is 6. The number of carboxylic acids is 1. The molecule has 1 aromatic heterocycles. The van der Waals surface area contributed by atoms with Crippen LogP contribution < -0.4 is 11.1 Å². The number of β-lactam (4-membered cyclic amide) rings is 1. The number of carbonyl (C=O) groups is 3. The lowest BCUT2D eigenvalue weighted by Crippen LogP contribution is -2.71. The van der Waals surface area contributed by atoms with Gasteiger partial charge in [0.1, 0.15) is 29.9 Å². The number of nitrogens with one attached hydrogen (secondary N) is 1. The first-order valence-electron chi connectivity index (χ1n) is 7.53. The van der Waals surface area contributed by atoms with Gasteiger partial charge < -0.3 is 26.1 Å². The molecule has 5 N–H and O–H groups in total. The van der Waals surface area contributed by atoms with E-state index in [2.05, 4.69) is 20.3 Å². The van der Waals surface area contributed by atoms with Crippen LogP contribution in [0, 0.1) is 0 Å². The van der Waals surface area contributed by atoms with Gasteiger partial charge in [-0.05, 0) is 5.57 Å². The predicted octanol–water partition coefficient (Wildman–Crippen LogP) is -1.19. The fourth-order valence-corrected chi connectivity index (χ4v) is 4.59. The second-order valence-corrected chi connectivity index (χ2v) is 7.46. The number of hydrogen-bond acceptors (Lipinski definition) is 10. The van der Waals surface area contributed by atoms with E-state index in [-0.39, 0.29) is 33.6 Å². The van der Waals surface area contributed by atoms with Crippen molar-refractivity contribution in [3.05, 3.63) is 22.3 Å². The Balaban J connectivity index is 1.79. The number of nitrogens with zero attached hydrogens (tertiary/aromatic N) is 3. The summed E-state index contributed by atoms with van der Waals surface area (Å²) < 4.78 is 0. The Morgan fingerprint density at radius 2 is 2.30 bits per heavy atom. The Morgan fingerprint density at radius 1 is 1.56 bits per heavy atom. The Labute approximate surface area is 160 Å². The Kier molecular flexibility index (Phi) is 5.34. The largest absolute Gasteiger partial charge is 0.477 e. The average molecular weight is 413 g/mol. The van der Waals surface area contributed by atoms with Gasteiger partial charge in [-0.15, -0.1) is 23.1 Å². The number of carboxylic acid groups (broad SMARTS) is 1. The Morgan fingerprint density at radius 3 is 2.85 bits per heavy atom. The molecule has 27 heavy (non-hydrogen) atoms. The van der Waals surface area contributed by atoms with Crippen molar-refractivity contribution in [2.75, 3.05) is 25.2 Å². The van der Waals surface area contributed by atoms with Crippen LogP contribution in [0.4, 0.5) is 5.13 Å². The molecule has 2 aliphatic heterocycles. The van der Waals surface area contributed by atoms with Crippen LogP contribution in [0.1, 0.15) is 5.69 Å². The smallest absolute Gasteiger partial charge is 0.352 e. The molecule has 11 nitrogen and oxygen atoms in total. The maximum Gasteiger partial charge on any atom is 0.352 e. The molecule has 0 bridgehead atoms. The highest BCUT2D eigenvalue weighted by molar-refractivity contribution is 8.00. The number of anilines is 1. The van der Waals surface area contributed by atoms with E-state index < -0.39 is 35.8 Å². The van der Waals surface area contributed by atoms with Gasteiger partial charge in [-0.1, -0.05) is 5.16 Å². The number of nitrogen functional groups attached to an aromatic ring is 1. The number of aliphatic hydroxyl groups is 1. The third-order valence-electron chi connectivity index (χ3n) is 3.89. The zero-order valence-electron chi connectivity index (χ0n) is 13.9. The molecule has 0 aromatic carbocycles. The second kappa shape index (κ2) is 7.54. The third-order valence-corrected chi connectivity index (χ3v) is 5.90. The second-order valence-electron chi connectivity index (χ2n) is 5.47. The van der Waals surface area contributed by atoms with Gasteiger partial charge in [0.25, 0.3) is 11.8 Å². The standard InChI is InChI=1S/C14H15N5O6S2/c1-25-18-7(6-4-27-14(15)16-6)10(21)17-8-11(22)19-9(13(23)24)5(2-20)3-26-12(8)19/h4,8,12,20H,2-3H2,1H3,(H2,15,16)(H,17,21)(H,23,24)/t8-,12+/m1/s1. The lowest BCUT2D eigenvalue weighted by Gasteiger charge is -2.49. The summed E-state index contributed by atoms with van der Waals surface area (Å²) in [6.45, 7) is -0.460. The molecule has 1 saturated heterocycles. The van der Waals surface area contributed by atoms with Crippen LogP contribution in [0.5, 0.6) is 0 Å². The normalized spacial score (nSPS) is 22.2. The zero-order chi connectivity index (χ0) is 19.7. The van der Waals surface area contributed by atoms with Crippen LogP contribution in [0.15, 0.2) is 21.8 Å². The quantitative estimate of drug-likeness (QED) is 0.254. The van der Waals surface area contributed by atoms with Crippen LogP contribution in [0.25, 0.3) is 0 Å². The molecule has 0 spiro atoms. The highest BCUT2D eigenvalue weighted by Gasteiger charge is 2.54. The number of carbonyl (C=O) groups excluding carboxylic acids is 2. The van der Waals surface area contributed by atoms with Gasteiger partial charge in [0.05, 0.1) is 6.61 Å². The number of aliphatic hydroxyl groups excluding tert-OH is 1. The van der Waals surface area contributed by atoms with Crippen molar-refractivity contribution in [2.24, 2.45) is 5.16 Å². The molecule has 3 heterocycles. The lowest BCUT2D eigenvalue weighted by molar-refractivity contribution is -0.150. The lowest BCUT2D eigenvalue weighted by atomic mass is 10.0. The number of hydrogen-bond donors (Lipinski definition) is 4. The Hall–Kier alpha value is -2.64. The van der Waals surface area contributed by atoms with Gasteiger partial charge in [-0.2, -0.15) is 0 Å². The molecule has 13 heteroatoms. The summed E-state index contributed by atoms with van der Waals surface area (Å²) in [5, 5.41) is 26.0. The van der Waals surface area contributed by atoms with Gasteiger partial charge in [-0.3, -0.25) is 14.5 Å². The molecule has 2 aliphatic rings. The number of aromatic nitrogens is 1. The molecule has 0 radical (unpaired) electrons. The molecule has 0 aliphatic carbocycles. The summed E-state index contributed by atoms with van der Waals surface area (Å²) in [7, 11) is 1.26. The summed E-state index contributed by atoms with van der Waals surface area (Å²) in [5.74, 6) is -2.35. The van der Waals surface area contributed by atoms with E-state index in [1.54, 1.807) is 0 Å². The molecule has 2 amide bonds. The molecule has 1 fully saturated rings. The average Bonchev–Trinajstić information content (AvgIpc) is 3.08. The van der Waals surface area contributed by atoms with Gasteiger partial charge in [0, 0.05) is 11.1 Å². The van der Waals surface area contributed by atoms with Crippen molar-refractivity contribution in [1.82, 2.24) is 15.2 Å². The van der Waals surface area contributed by atoms with E-state index >= 15 is 0 Å². The maximum absolute atomic E-state index is 12.6. The minimum absolute atomic E-state index is 0.150. The summed E-state index contributed by atoms with van der Waals surface area (Å²) >= 11 is 2.37. The molecule has 0 unspecified atom stereocenters. The molecular formula is C14H15N5O6S2. The SMILES string of the molecule is CON=C(C(=O)N[C@@H]1C(=O)N2C(C(=O)O)=C(CO)CS[C@@H]12)c1csc(N)n1. The molecule has 1 aromatic rings. The van der Waals surface area contributed by atoms with Gasteiger partial charge >= 0.3 is 5.97 Å². The first-order valence-corrected chi connectivity index (χ1v) is 9.46. The van der Waals surface area contributed by atoms with Crippen molar-refractivity contribution in [3.8, 4) is 0 Å². The van der Waals surface area contributed by atoms with E-state index in [1.165, 1.54) is 24.3 Å². The first-order chi connectivity index (χ1) is 12.9. The number of thiazole rings is 1. The molecule has 144 valence electrons. The van der Waals surface area contributed by atoms with Crippen molar-refractivity contribution in [1.29, 1.82) is 0 Å². The predicted molar refractivity (Wildman–Crippen MR) is 96.8 cm³/mol. The fraction of sp³-hybridized carbons (Fsp3) is 0.357. The fourth-order valence-electron chi connectivity index (χ4n) is 2.71. The minimum Gasteiger partial charge on any atom is -0.477 e. The van der Waals surface area contributed by atoms with Crippen LogP contribution in [-0.4, -0.2) is 74.5 Å². The topological polar surface area (TPSA) is 167 Å². The van der Waals surface area contributed by atoms with Crippen LogP contribution in [-0.2, 0) is 19.2 Å². The van der Waals surface area contributed by atoms with Crippen molar-refractivity contribution in [3.63, 3.8) is 0 Å². The number of oxime groups is 1. The summed E-state index contributed by atoms with van der Waals surface area (Å²) in [4.78, 5) is 46.2. The number of nitrogens with two attached hydrogens (primary N) is 1. The van der Waals surface area contributed by atoms with Crippen molar-refractivity contribution >= 4 is 51.7 Å².